The minimum absolute atomic E-state index is 0.130. The molecule has 6 aromatic heterocycles. The van der Waals surface area contributed by atoms with Gasteiger partial charge in [-0.15, -0.1) is 0 Å². The van der Waals surface area contributed by atoms with Crippen LogP contribution in [-0.2, 0) is 10.8 Å². The Hall–Kier alpha value is -8.50. The van der Waals surface area contributed by atoms with Gasteiger partial charge in [-0.2, -0.15) is 0 Å². The molecule has 0 aliphatic heterocycles. The van der Waals surface area contributed by atoms with Crippen LogP contribution in [0, 0.1) is 0 Å². The minimum atomic E-state index is -0.157. The highest BCUT2D eigenvalue weighted by Crippen LogP contribution is 2.57. The van der Waals surface area contributed by atoms with Crippen molar-refractivity contribution in [1.29, 1.82) is 0 Å². The first kappa shape index (κ1) is 43.5. The van der Waals surface area contributed by atoms with Gasteiger partial charge < -0.3 is 0 Å². The van der Waals surface area contributed by atoms with Gasteiger partial charge in [-0.1, -0.05) is 94.5 Å². The van der Waals surface area contributed by atoms with Crippen molar-refractivity contribution in [2.24, 2.45) is 0 Å². The maximum absolute atomic E-state index is 4.94. The number of nitrogens with zero attached hydrogens (tertiary/aromatic N) is 10. The zero-order valence-electron chi connectivity index (χ0n) is 40.7. The molecule has 0 amide bonds. The molecule has 0 atom stereocenters. The van der Waals surface area contributed by atoms with Gasteiger partial charge in [-0.25, -0.2) is 29.9 Å². The fourth-order valence-electron chi connectivity index (χ4n) is 11.3. The number of fused-ring (bicyclic) bond motifs is 5. The lowest BCUT2D eigenvalue weighted by molar-refractivity contribution is 0.644. The monoisotopic (exact) mass is 934 g/mol. The van der Waals surface area contributed by atoms with Gasteiger partial charge in [0, 0.05) is 35.6 Å². The van der Waals surface area contributed by atoms with Crippen LogP contribution in [-0.4, -0.2) is 49.8 Å². The molecule has 72 heavy (non-hydrogen) atoms. The molecule has 10 heteroatoms. The molecule has 10 nitrogen and oxygen atoms in total. The van der Waals surface area contributed by atoms with E-state index in [4.69, 9.17) is 29.9 Å². The third kappa shape index (κ3) is 7.48. The summed E-state index contributed by atoms with van der Waals surface area (Å²) in [4.78, 5) is 47.5. The van der Waals surface area contributed by atoms with Crippen LogP contribution in [0.1, 0.15) is 106 Å². The molecule has 6 heterocycles. The number of benzene rings is 2. The fourth-order valence-corrected chi connectivity index (χ4v) is 11.3. The van der Waals surface area contributed by atoms with Crippen molar-refractivity contribution in [2.75, 3.05) is 0 Å². The summed E-state index contributed by atoms with van der Waals surface area (Å²) in [5.41, 5.74) is 21.4. The van der Waals surface area contributed by atoms with Gasteiger partial charge in [-0.3, -0.25) is 19.9 Å². The standard InChI is InChI=1S/C62H50N10/c1-61(2)47-33-41(37-17-21-39(22-18-37)55-67-57(51-13-5-9-29-63-51)71-58(68-55)52-14-6-10-30-64-52)25-27-43(47)45-36-50-46(35-49(45)61)44-28-26-42(34-48(44)62(50,3)4)38-19-23-40(24-20-38)56-69-59(53-15-7-11-31-65-53)72-60(70-56)54-16-8-12-32-66-54/h5-17,19,21,23,25,27,29-36H,18,20,22,24,26,28H2,1-4H3. The zero-order chi connectivity index (χ0) is 48.6. The van der Waals surface area contributed by atoms with Crippen molar-refractivity contribution in [1.82, 2.24) is 49.8 Å². The maximum atomic E-state index is 4.94. The molecule has 0 saturated carbocycles. The quantitative estimate of drug-likeness (QED) is 0.145. The third-order valence-electron chi connectivity index (χ3n) is 15.3. The summed E-state index contributed by atoms with van der Waals surface area (Å²) in [7, 11) is 0. The minimum Gasteiger partial charge on any atom is -0.253 e. The molecule has 5 aliphatic carbocycles. The highest BCUT2D eigenvalue weighted by atomic mass is 15.1. The molecule has 0 saturated heterocycles. The summed E-state index contributed by atoms with van der Waals surface area (Å²) in [6.45, 7) is 9.65. The predicted octanol–water partition coefficient (Wildman–Crippen LogP) is 13.4. The van der Waals surface area contributed by atoms with E-state index in [-0.39, 0.29) is 10.8 Å². The molecule has 0 bridgehead atoms. The van der Waals surface area contributed by atoms with E-state index in [0.717, 1.165) is 49.7 Å². The van der Waals surface area contributed by atoms with Crippen LogP contribution in [0.5, 0.6) is 0 Å². The van der Waals surface area contributed by atoms with Gasteiger partial charge in [0.2, 0.25) is 0 Å². The Kier molecular flexibility index (Phi) is 10.3. The fraction of sp³-hybridized carbons (Fsp3) is 0.194. The lowest BCUT2D eigenvalue weighted by Crippen LogP contribution is -2.18. The Bertz CT molecular complexity index is 3600. The molecule has 13 rings (SSSR count). The van der Waals surface area contributed by atoms with Crippen molar-refractivity contribution in [3.05, 3.63) is 214 Å². The van der Waals surface area contributed by atoms with E-state index in [0.29, 0.717) is 57.7 Å². The van der Waals surface area contributed by atoms with E-state index in [9.17, 15) is 0 Å². The van der Waals surface area contributed by atoms with Gasteiger partial charge >= 0.3 is 0 Å². The SMILES string of the molecule is CC1(C)C2=C(CCC(C3=CC=C(c4nc(-c5ccccn5)nc(-c5ccccn5)n4)CC3)=C2)c2cc3c(cc21)-c1ccc(C2=CC=C(c4nc(-c5ccccn5)nc(-c5ccccn5)n4)CC2)cc1C3(C)C. The van der Waals surface area contributed by atoms with Gasteiger partial charge in [-0.05, 0) is 183 Å². The number of aromatic nitrogens is 10. The van der Waals surface area contributed by atoms with Crippen molar-refractivity contribution in [3.63, 3.8) is 0 Å². The summed E-state index contributed by atoms with van der Waals surface area (Å²) in [6, 6.07) is 35.4. The second-order valence-electron chi connectivity index (χ2n) is 20.3. The molecule has 0 fully saturated rings. The second-order valence-corrected chi connectivity index (χ2v) is 20.3. The molecular formula is C62H50N10. The number of pyridine rings is 4. The van der Waals surface area contributed by atoms with Crippen molar-refractivity contribution in [2.45, 2.75) is 77.0 Å². The van der Waals surface area contributed by atoms with E-state index < -0.39 is 0 Å². The van der Waals surface area contributed by atoms with Crippen LogP contribution < -0.4 is 0 Å². The van der Waals surface area contributed by atoms with E-state index in [1.165, 1.54) is 66.8 Å². The number of hydrogen-bond acceptors (Lipinski definition) is 10. The highest BCUT2D eigenvalue weighted by Gasteiger charge is 2.43. The van der Waals surface area contributed by atoms with E-state index in [1.807, 2.05) is 72.8 Å². The molecule has 0 radical (unpaired) electrons. The van der Waals surface area contributed by atoms with Crippen LogP contribution >= 0.6 is 0 Å². The lowest BCUT2D eigenvalue weighted by Gasteiger charge is -2.27. The van der Waals surface area contributed by atoms with Crippen LogP contribution in [0.3, 0.4) is 0 Å². The van der Waals surface area contributed by atoms with E-state index in [2.05, 4.69) is 108 Å². The Morgan fingerprint density at radius 1 is 0.347 bits per heavy atom. The molecular weight excluding hydrogens is 885 g/mol. The Morgan fingerprint density at radius 2 is 0.764 bits per heavy atom. The van der Waals surface area contributed by atoms with Crippen LogP contribution in [0.4, 0.5) is 0 Å². The maximum Gasteiger partial charge on any atom is 0.182 e. The molecule has 8 aromatic rings. The Balaban J connectivity index is 0.780. The van der Waals surface area contributed by atoms with Crippen molar-refractivity contribution >= 4 is 22.3 Å². The van der Waals surface area contributed by atoms with Crippen LogP contribution in [0.2, 0.25) is 0 Å². The first-order valence-corrected chi connectivity index (χ1v) is 24.9. The molecule has 2 aromatic carbocycles. The normalized spacial score (nSPS) is 17.1. The Labute approximate surface area is 419 Å². The van der Waals surface area contributed by atoms with Gasteiger partial charge in [0.15, 0.2) is 34.9 Å². The third-order valence-corrected chi connectivity index (χ3v) is 15.3. The predicted molar refractivity (Wildman–Crippen MR) is 284 cm³/mol. The van der Waals surface area contributed by atoms with Crippen molar-refractivity contribution in [3.8, 4) is 57.2 Å². The van der Waals surface area contributed by atoms with Gasteiger partial charge in [0.05, 0.1) is 0 Å². The first-order chi connectivity index (χ1) is 35.2. The lowest BCUT2D eigenvalue weighted by atomic mass is 9.76. The highest BCUT2D eigenvalue weighted by molar-refractivity contribution is 5.91. The summed E-state index contributed by atoms with van der Waals surface area (Å²) in [5, 5.41) is 0. The van der Waals surface area contributed by atoms with Gasteiger partial charge in [0.1, 0.15) is 22.8 Å². The van der Waals surface area contributed by atoms with Crippen molar-refractivity contribution < 1.29 is 0 Å². The van der Waals surface area contributed by atoms with Crippen LogP contribution in [0.25, 0.3) is 79.5 Å². The molecule has 0 spiro atoms. The summed E-state index contributed by atoms with van der Waals surface area (Å²) < 4.78 is 0. The Morgan fingerprint density at radius 3 is 1.24 bits per heavy atom. The topological polar surface area (TPSA) is 129 Å². The molecule has 5 aliphatic rings. The average molecular weight is 935 g/mol. The number of rotatable bonds is 8. The average Bonchev–Trinajstić information content (AvgIpc) is 3.81. The summed E-state index contributed by atoms with van der Waals surface area (Å²) in [6.07, 6.45) is 24.0. The van der Waals surface area contributed by atoms with E-state index >= 15 is 0 Å². The molecule has 348 valence electrons. The molecule has 0 unspecified atom stereocenters. The molecule has 0 N–H and O–H groups in total. The van der Waals surface area contributed by atoms with Gasteiger partial charge in [0.25, 0.3) is 0 Å². The second kappa shape index (κ2) is 17.1. The number of allylic oxidation sites excluding steroid dienone is 12. The smallest absolute Gasteiger partial charge is 0.182 e. The summed E-state index contributed by atoms with van der Waals surface area (Å²) in [5.74, 6) is 3.51. The number of hydrogen-bond donors (Lipinski definition) is 0. The largest absolute Gasteiger partial charge is 0.253 e. The van der Waals surface area contributed by atoms with Crippen LogP contribution in [0.15, 0.2) is 175 Å². The van der Waals surface area contributed by atoms with E-state index in [1.54, 1.807) is 24.8 Å². The summed E-state index contributed by atoms with van der Waals surface area (Å²) >= 11 is 0. The zero-order valence-corrected chi connectivity index (χ0v) is 40.7. The first-order valence-electron chi connectivity index (χ1n) is 24.9.